The molecular formula is C24H13BrF3NO3. The van der Waals surface area contributed by atoms with Crippen LogP contribution in [0.4, 0.5) is 18.9 Å². The van der Waals surface area contributed by atoms with Crippen LogP contribution in [0.1, 0.15) is 33.3 Å². The van der Waals surface area contributed by atoms with Crippen molar-refractivity contribution in [3.8, 4) is 0 Å². The van der Waals surface area contributed by atoms with Crippen LogP contribution in [0, 0.1) is 0 Å². The molecule has 0 radical (unpaired) electrons. The molecule has 1 aromatic heterocycles. The Balaban J connectivity index is 1.80. The lowest BCUT2D eigenvalue weighted by atomic mass is 9.98. The summed E-state index contributed by atoms with van der Waals surface area (Å²) in [7, 11) is 0. The molecule has 0 aliphatic carbocycles. The normalized spacial score (nSPS) is 15.9. The van der Waals surface area contributed by atoms with Crippen molar-refractivity contribution in [2.45, 2.75) is 12.2 Å². The minimum absolute atomic E-state index is 0.0229. The average molecular weight is 500 g/mol. The van der Waals surface area contributed by atoms with Crippen LogP contribution >= 0.6 is 15.9 Å². The van der Waals surface area contributed by atoms with Gasteiger partial charge in [-0.2, -0.15) is 13.2 Å². The van der Waals surface area contributed by atoms with Gasteiger partial charge in [-0.15, -0.1) is 0 Å². The van der Waals surface area contributed by atoms with Gasteiger partial charge in [-0.3, -0.25) is 14.5 Å². The topological polar surface area (TPSA) is 50.5 Å². The Morgan fingerprint density at radius 1 is 0.906 bits per heavy atom. The minimum atomic E-state index is -4.58. The highest BCUT2D eigenvalue weighted by Crippen LogP contribution is 2.42. The van der Waals surface area contributed by atoms with E-state index in [2.05, 4.69) is 15.9 Å². The molecule has 1 atom stereocenters. The fraction of sp³-hybridized carbons (Fsp3) is 0.0833. The summed E-state index contributed by atoms with van der Waals surface area (Å²) in [5, 5.41) is 0.276. The van der Waals surface area contributed by atoms with Crippen molar-refractivity contribution in [3.63, 3.8) is 0 Å². The number of amides is 1. The maximum absolute atomic E-state index is 13.5. The number of benzene rings is 3. The van der Waals surface area contributed by atoms with Gasteiger partial charge in [0.15, 0.2) is 5.43 Å². The third-order valence-corrected chi connectivity index (χ3v) is 5.89. The maximum atomic E-state index is 13.5. The number of anilines is 1. The Kier molecular flexibility index (Phi) is 4.70. The first-order chi connectivity index (χ1) is 15.3. The SMILES string of the molecule is O=C1c2oc3ccc(Br)cc3c(=O)c2C(c2ccccc2)N1c1cccc(C(F)(F)F)c1. The molecule has 1 aliphatic heterocycles. The van der Waals surface area contributed by atoms with Crippen LogP contribution in [0.5, 0.6) is 0 Å². The van der Waals surface area contributed by atoms with Gasteiger partial charge < -0.3 is 4.42 Å². The van der Waals surface area contributed by atoms with Crippen molar-refractivity contribution in [3.05, 3.63) is 110 Å². The lowest BCUT2D eigenvalue weighted by Crippen LogP contribution is -2.29. The Labute approximate surface area is 188 Å². The van der Waals surface area contributed by atoms with E-state index in [4.69, 9.17) is 4.42 Å². The molecule has 1 amide bonds. The largest absolute Gasteiger partial charge is 0.450 e. The summed E-state index contributed by atoms with van der Waals surface area (Å²) in [6.45, 7) is 0. The third kappa shape index (κ3) is 3.22. The molecule has 0 saturated heterocycles. The summed E-state index contributed by atoms with van der Waals surface area (Å²) in [6, 6.07) is 17.1. The first-order valence-electron chi connectivity index (χ1n) is 9.58. The maximum Gasteiger partial charge on any atom is 0.416 e. The lowest BCUT2D eigenvalue weighted by molar-refractivity contribution is -0.137. The van der Waals surface area contributed by atoms with E-state index < -0.39 is 29.1 Å². The molecule has 4 nitrogen and oxygen atoms in total. The zero-order valence-corrected chi connectivity index (χ0v) is 17.8. The fourth-order valence-electron chi connectivity index (χ4n) is 3.99. The van der Waals surface area contributed by atoms with E-state index in [0.717, 1.165) is 12.1 Å². The molecule has 4 aromatic rings. The number of fused-ring (bicyclic) bond motifs is 2. The van der Waals surface area contributed by atoms with Gasteiger partial charge in [0.2, 0.25) is 5.76 Å². The van der Waals surface area contributed by atoms with Crippen molar-refractivity contribution >= 4 is 38.5 Å². The summed E-state index contributed by atoms with van der Waals surface area (Å²) < 4.78 is 46.5. The smallest absolute Gasteiger partial charge is 0.416 e. The van der Waals surface area contributed by atoms with E-state index in [1.165, 1.54) is 17.0 Å². The highest BCUT2D eigenvalue weighted by molar-refractivity contribution is 9.10. The predicted molar refractivity (Wildman–Crippen MR) is 117 cm³/mol. The Morgan fingerprint density at radius 2 is 1.66 bits per heavy atom. The quantitative estimate of drug-likeness (QED) is 0.324. The first kappa shape index (κ1) is 20.5. The van der Waals surface area contributed by atoms with Crippen molar-refractivity contribution < 1.29 is 22.4 Å². The molecule has 32 heavy (non-hydrogen) atoms. The van der Waals surface area contributed by atoms with E-state index >= 15 is 0 Å². The van der Waals surface area contributed by atoms with Crippen molar-refractivity contribution in [1.82, 2.24) is 0 Å². The predicted octanol–water partition coefficient (Wildman–Crippen LogP) is 6.32. The second kappa shape index (κ2) is 7.34. The van der Waals surface area contributed by atoms with Gasteiger partial charge in [0.25, 0.3) is 5.91 Å². The third-order valence-electron chi connectivity index (χ3n) is 5.40. The van der Waals surface area contributed by atoms with Crippen molar-refractivity contribution in [2.75, 3.05) is 4.90 Å². The zero-order valence-electron chi connectivity index (χ0n) is 16.2. The van der Waals surface area contributed by atoms with Crippen molar-refractivity contribution in [2.24, 2.45) is 0 Å². The average Bonchev–Trinajstić information content (AvgIpc) is 3.07. The summed E-state index contributed by atoms with van der Waals surface area (Å²) in [6.07, 6.45) is -4.58. The number of nitrogens with zero attached hydrogens (tertiary/aromatic N) is 1. The molecule has 5 rings (SSSR count). The second-order valence-corrected chi connectivity index (χ2v) is 8.27. The van der Waals surface area contributed by atoms with E-state index in [0.29, 0.717) is 10.0 Å². The lowest BCUT2D eigenvalue weighted by Gasteiger charge is -2.26. The number of carbonyl (C=O) groups excluding carboxylic acids is 1. The van der Waals surface area contributed by atoms with Crippen LogP contribution in [0.15, 0.2) is 86.5 Å². The first-order valence-corrected chi connectivity index (χ1v) is 10.4. The van der Waals surface area contributed by atoms with Crippen molar-refractivity contribution in [1.29, 1.82) is 0 Å². The molecule has 0 fully saturated rings. The standard InChI is InChI=1S/C24H13BrF3NO3/c25-15-9-10-18-17(12-15)21(30)19-20(13-5-2-1-3-6-13)29(23(31)22(19)32-18)16-8-4-7-14(11-16)24(26,27)28/h1-12,20H. The van der Waals surface area contributed by atoms with Crippen LogP contribution in [0.3, 0.4) is 0 Å². The molecule has 1 aliphatic rings. The summed E-state index contributed by atoms with van der Waals surface area (Å²) in [5.41, 5.74) is -0.362. The van der Waals surface area contributed by atoms with E-state index in [9.17, 15) is 22.8 Å². The number of hydrogen-bond acceptors (Lipinski definition) is 3. The van der Waals surface area contributed by atoms with Crippen LogP contribution in [0.2, 0.25) is 0 Å². The molecule has 0 spiro atoms. The molecule has 2 heterocycles. The number of alkyl halides is 3. The van der Waals surface area contributed by atoms with Crippen LogP contribution in [-0.2, 0) is 6.18 Å². The van der Waals surface area contributed by atoms with Gasteiger partial charge in [-0.25, -0.2) is 0 Å². The number of rotatable bonds is 2. The van der Waals surface area contributed by atoms with Gasteiger partial charge in [-0.1, -0.05) is 52.3 Å². The molecule has 0 bridgehead atoms. The second-order valence-electron chi connectivity index (χ2n) is 7.35. The Bertz CT molecular complexity index is 1430. The van der Waals surface area contributed by atoms with Crippen LogP contribution in [0.25, 0.3) is 11.0 Å². The number of carbonyl (C=O) groups is 1. The molecule has 160 valence electrons. The van der Waals surface area contributed by atoms with Gasteiger partial charge in [0, 0.05) is 10.2 Å². The molecule has 1 unspecified atom stereocenters. The van der Waals surface area contributed by atoms with Crippen LogP contribution < -0.4 is 10.3 Å². The van der Waals surface area contributed by atoms with Gasteiger partial charge in [-0.05, 0) is 42.0 Å². The van der Waals surface area contributed by atoms with Crippen LogP contribution in [-0.4, -0.2) is 5.91 Å². The molecule has 3 aromatic carbocycles. The van der Waals surface area contributed by atoms with E-state index in [-0.39, 0.29) is 28.0 Å². The number of hydrogen-bond donors (Lipinski definition) is 0. The Morgan fingerprint density at radius 3 is 2.38 bits per heavy atom. The summed E-state index contributed by atoms with van der Waals surface area (Å²) in [4.78, 5) is 28.1. The molecule has 8 heteroatoms. The zero-order chi connectivity index (χ0) is 22.6. The molecular weight excluding hydrogens is 487 g/mol. The Hall–Kier alpha value is -3.39. The summed E-state index contributed by atoms with van der Waals surface area (Å²) >= 11 is 3.33. The monoisotopic (exact) mass is 499 g/mol. The minimum Gasteiger partial charge on any atom is -0.450 e. The highest BCUT2D eigenvalue weighted by Gasteiger charge is 2.44. The van der Waals surface area contributed by atoms with Gasteiger partial charge >= 0.3 is 6.18 Å². The highest BCUT2D eigenvalue weighted by atomic mass is 79.9. The summed E-state index contributed by atoms with van der Waals surface area (Å²) in [5.74, 6) is -0.841. The van der Waals surface area contributed by atoms with E-state index in [1.54, 1.807) is 48.5 Å². The molecule has 0 N–H and O–H groups in total. The molecule has 0 saturated carbocycles. The van der Waals surface area contributed by atoms with E-state index in [1.807, 2.05) is 0 Å². The van der Waals surface area contributed by atoms with Gasteiger partial charge in [0.05, 0.1) is 22.6 Å². The van der Waals surface area contributed by atoms with Gasteiger partial charge in [0.1, 0.15) is 5.58 Å². The fourth-order valence-corrected chi connectivity index (χ4v) is 4.36. The number of halogens is 4.